The Balaban J connectivity index is 2.37. The Hall–Kier alpha value is -1.84. The molecule has 0 unspecified atom stereocenters. The topological polar surface area (TPSA) is 116 Å². The summed E-state index contributed by atoms with van der Waals surface area (Å²) in [6, 6.07) is -0.590. The number of nitrogens with zero attached hydrogens (tertiary/aromatic N) is 2. The van der Waals surface area contributed by atoms with Crippen molar-refractivity contribution in [2.45, 2.75) is 45.6 Å². The number of hydrogen-bond acceptors (Lipinski definition) is 8. The van der Waals surface area contributed by atoms with Gasteiger partial charge >= 0.3 is 5.97 Å². The van der Waals surface area contributed by atoms with Crippen LogP contribution in [0.1, 0.15) is 39.5 Å². The van der Waals surface area contributed by atoms with E-state index in [1.807, 2.05) is 0 Å². The summed E-state index contributed by atoms with van der Waals surface area (Å²) in [5, 5.41) is 9.09. The first kappa shape index (κ1) is 21.2. The Morgan fingerprint density at radius 2 is 2.00 bits per heavy atom. The third-order valence-electron chi connectivity index (χ3n) is 3.75. The van der Waals surface area contributed by atoms with Gasteiger partial charge < -0.3 is 14.5 Å². The van der Waals surface area contributed by atoms with Gasteiger partial charge in [-0.1, -0.05) is 18.7 Å². The number of carbonyl (C=O) groups is 3. The first-order chi connectivity index (χ1) is 11.8. The van der Waals surface area contributed by atoms with Crippen LogP contribution in [-0.4, -0.2) is 58.5 Å². The summed E-state index contributed by atoms with van der Waals surface area (Å²) < 4.78 is 5.17. The summed E-state index contributed by atoms with van der Waals surface area (Å²) >= 11 is 1.10. The molecule has 0 saturated carbocycles. The van der Waals surface area contributed by atoms with Gasteiger partial charge in [0.25, 0.3) is 5.09 Å². The number of ether oxygens (including phenoxy) is 1. The maximum Gasteiger partial charge on any atom is 0.328 e. The lowest BCUT2D eigenvalue weighted by Gasteiger charge is -2.26. The average Bonchev–Trinajstić information content (AvgIpc) is 3.04. The smallest absolute Gasteiger partial charge is 0.328 e. The zero-order valence-electron chi connectivity index (χ0n) is 14.5. The number of carbonyl (C=O) groups excluding carboxylic acids is 3. The molecule has 1 heterocycles. The summed E-state index contributed by atoms with van der Waals surface area (Å²) in [5.41, 5.74) is 0. The van der Waals surface area contributed by atoms with Crippen LogP contribution in [0, 0.1) is 16.0 Å². The van der Waals surface area contributed by atoms with E-state index in [0.717, 1.165) is 18.2 Å². The van der Waals surface area contributed by atoms with Gasteiger partial charge in [0.1, 0.15) is 6.04 Å². The Bertz CT molecular complexity index is 500. The molecular weight excluding hydrogens is 352 g/mol. The normalized spacial score (nSPS) is 17.8. The number of unbranched alkanes of at least 4 members (excludes halogenated alkanes) is 1. The largest absolute Gasteiger partial charge is 0.464 e. The third kappa shape index (κ3) is 7.72. The fraction of sp³-hybridized carbons (Fsp3) is 0.800. The molecule has 1 fully saturated rings. The third-order valence-corrected chi connectivity index (χ3v) is 4.82. The SMILES string of the molecule is CC(=O)SC[C@@H](C)C(=O)N1CCC[C@H]1C(=O)OCCCCO[N+](=O)[O-]. The van der Waals surface area contributed by atoms with Crippen LogP contribution in [0.2, 0.25) is 0 Å². The van der Waals surface area contributed by atoms with Crippen LogP contribution in [0.25, 0.3) is 0 Å². The molecule has 0 aromatic heterocycles. The number of likely N-dealkylation sites (tertiary alicyclic amines) is 1. The molecule has 1 saturated heterocycles. The van der Waals surface area contributed by atoms with Gasteiger partial charge in [0.15, 0.2) is 5.12 Å². The van der Waals surface area contributed by atoms with E-state index in [1.165, 1.54) is 11.8 Å². The van der Waals surface area contributed by atoms with Gasteiger partial charge in [-0.3, -0.25) is 9.59 Å². The molecule has 0 aliphatic carbocycles. The zero-order chi connectivity index (χ0) is 18.8. The van der Waals surface area contributed by atoms with Crippen molar-refractivity contribution in [2.75, 3.05) is 25.5 Å². The minimum atomic E-state index is -0.862. The molecule has 0 radical (unpaired) electrons. The van der Waals surface area contributed by atoms with E-state index in [0.29, 0.717) is 31.6 Å². The van der Waals surface area contributed by atoms with E-state index in [2.05, 4.69) is 4.84 Å². The van der Waals surface area contributed by atoms with Crippen molar-refractivity contribution in [3.8, 4) is 0 Å². The average molecular weight is 376 g/mol. The maximum atomic E-state index is 12.5. The minimum absolute atomic E-state index is 0.0378. The molecular formula is C15H24N2O7S. The van der Waals surface area contributed by atoms with Crippen molar-refractivity contribution in [3.63, 3.8) is 0 Å². The van der Waals surface area contributed by atoms with Crippen molar-refractivity contribution in [1.82, 2.24) is 4.90 Å². The quantitative estimate of drug-likeness (QED) is 0.243. The van der Waals surface area contributed by atoms with E-state index < -0.39 is 17.1 Å². The second-order valence-corrected chi connectivity index (χ2v) is 7.02. The van der Waals surface area contributed by atoms with Crippen molar-refractivity contribution < 1.29 is 29.0 Å². The summed E-state index contributed by atoms with van der Waals surface area (Å²) in [5.74, 6) is -0.551. The molecule has 0 aromatic rings. The summed E-state index contributed by atoms with van der Waals surface area (Å²) in [6.07, 6.45) is 2.14. The Morgan fingerprint density at radius 3 is 2.64 bits per heavy atom. The van der Waals surface area contributed by atoms with Gasteiger partial charge in [-0.05, 0) is 25.7 Å². The molecule has 0 N–H and O–H groups in total. The first-order valence-electron chi connectivity index (χ1n) is 8.20. The lowest BCUT2D eigenvalue weighted by molar-refractivity contribution is -0.757. The Labute approximate surface area is 150 Å². The van der Waals surface area contributed by atoms with Crippen molar-refractivity contribution in [2.24, 2.45) is 5.92 Å². The summed E-state index contributed by atoms with van der Waals surface area (Å²) in [7, 11) is 0. The molecule has 1 rings (SSSR count). The second kappa shape index (κ2) is 10.9. The zero-order valence-corrected chi connectivity index (χ0v) is 15.3. The number of thioether (sulfide) groups is 1. The van der Waals surface area contributed by atoms with Gasteiger partial charge in [0.2, 0.25) is 5.91 Å². The van der Waals surface area contributed by atoms with Crippen LogP contribution < -0.4 is 0 Å². The number of esters is 1. The van der Waals surface area contributed by atoms with Gasteiger partial charge in [0, 0.05) is 25.1 Å². The van der Waals surface area contributed by atoms with Crippen LogP contribution in [-0.2, 0) is 24.0 Å². The van der Waals surface area contributed by atoms with Crippen LogP contribution in [0.5, 0.6) is 0 Å². The molecule has 1 amide bonds. The van der Waals surface area contributed by atoms with E-state index in [4.69, 9.17) is 4.74 Å². The maximum absolute atomic E-state index is 12.5. The molecule has 2 atom stereocenters. The van der Waals surface area contributed by atoms with Crippen LogP contribution >= 0.6 is 11.8 Å². The van der Waals surface area contributed by atoms with Crippen LogP contribution in [0.15, 0.2) is 0 Å². The standard InChI is InChI=1S/C15H24N2O7S/c1-11(10-25-12(2)18)14(19)16-7-5-6-13(16)15(20)23-8-3-4-9-24-17(21)22/h11,13H,3-10H2,1-2H3/t11-,13+/m1/s1. The molecule has 1 aliphatic heterocycles. The predicted molar refractivity (Wildman–Crippen MR) is 90.2 cm³/mol. The van der Waals surface area contributed by atoms with Gasteiger partial charge in [-0.15, -0.1) is 10.1 Å². The lowest BCUT2D eigenvalue weighted by atomic mass is 10.1. The highest BCUT2D eigenvalue weighted by molar-refractivity contribution is 8.13. The van der Waals surface area contributed by atoms with Gasteiger partial charge in [-0.25, -0.2) is 4.79 Å². The minimum Gasteiger partial charge on any atom is -0.464 e. The van der Waals surface area contributed by atoms with Gasteiger partial charge in [-0.2, -0.15) is 0 Å². The molecule has 142 valence electrons. The van der Waals surface area contributed by atoms with E-state index in [9.17, 15) is 24.5 Å². The summed E-state index contributed by atoms with van der Waals surface area (Å²) in [4.78, 5) is 51.3. The molecule has 0 aromatic carbocycles. The van der Waals surface area contributed by atoms with E-state index in [-0.39, 0.29) is 30.2 Å². The highest BCUT2D eigenvalue weighted by Gasteiger charge is 2.36. The monoisotopic (exact) mass is 376 g/mol. The van der Waals surface area contributed by atoms with Gasteiger partial charge in [0.05, 0.1) is 13.2 Å². The Kier molecular flexibility index (Phi) is 9.25. The first-order valence-corrected chi connectivity index (χ1v) is 9.19. The number of rotatable bonds is 10. The molecule has 9 nitrogen and oxygen atoms in total. The molecule has 0 bridgehead atoms. The second-order valence-electron chi connectivity index (χ2n) is 5.82. The molecule has 10 heteroatoms. The van der Waals surface area contributed by atoms with E-state index >= 15 is 0 Å². The van der Waals surface area contributed by atoms with Crippen LogP contribution in [0.3, 0.4) is 0 Å². The molecule has 25 heavy (non-hydrogen) atoms. The molecule has 0 spiro atoms. The fourth-order valence-electron chi connectivity index (χ4n) is 2.48. The van der Waals surface area contributed by atoms with Crippen LogP contribution in [0.4, 0.5) is 0 Å². The lowest BCUT2D eigenvalue weighted by Crippen LogP contribution is -2.44. The van der Waals surface area contributed by atoms with Crippen molar-refractivity contribution in [1.29, 1.82) is 0 Å². The highest BCUT2D eigenvalue weighted by atomic mass is 32.2. The van der Waals surface area contributed by atoms with E-state index in [1.54, 1.807) is 6.92 Å². The van der Waals surface area contributed by atoms with Crippen molar-refractivity contribution >= 4 is 28.8 Å². The molecule has 1 aliphatic rings. The predicted octanol–water partition coefficient (Wildman–Crippen LogP) is 1.42. The fourth-order valence-corrected chi connectivity index (χ4v) is 3.11. The number of hydrogen-bond donors (Lipinski definition) is 0. The Morgan fingerprint density at radius 1 is 1.32 bits per heavy atom. The summed E-state index contributed by atoms with van der Waals surface area (Å²) in [6.45, 7) is 3.80. The highest BCUT2D eigenvalue weighted by Crippen LogP contribution is 2.22. The van der Waals surface area contributed by atoms with Crippen molar-refractivity contribution in [3.05, 3.63) is 10.1 Å². The number of amides is 1.